The topological polar surface area (TPSA) is 68.2 Å². The molecule has 34 heavy (non-hydrogen) atoms. The molecule has 4 rings (SSSR count). The van der Waals surface area contributed by atoms with Gasteiger partial charge in [0.1, 0.15) is 11.6 Å². The van der Waals surface area contributed by atoms with Gasteiger partial charge in [-0.1, -0.05) is 36.4 Å². The van der Waals surface area contributed by atoms with Crippen LogP contribution in [0.1, 0.15) is 22.7 Å². The molecular weight excluding hydrogens is 437 g/mol. The van der Waals surface area contributed by atoms with Crippen LogP contribution in [0.15, 0.2) is 72.5 Å². The van der Waals surface area contributed by atoms with Crippen molar-refractivity contribution in [3.05, 3.63) is 95.0 Å². The molecule has 0 saturated carbocycles. The average Bonchev–Trinajstić information content (AvgIpc) is 3.12. The minimum Gasteiger partial charge on any atom is -0.503 e. The Morgan fingerprint density at radius 3 is 2.26 bits per heavy atom. The van der Waals surface area contributed by atoms with Crippen LogP contribution < -0.4 is 14.2 Å². The summed E-state index contributed by atoms with van der Waals surface area (Å²) in [5, 5.41) is 10.9. The van der Waals surface area contributed by atoms with Gasteiger partial charge >= 0.3 is 0 Å². The van der Waals surface area contributed by atoms with E-state index in [0.717, 1.165) is 5.56 Å². The maximum Gasteiger partial charge on any atom is 0.289 e. The number of carbonyl (C=O) groups excluding carboxylic acids is 1. The largest absolute Gasteiger partial charge is 0.503 e. The van der Waals surface area contributed by atoms with Crippen LogP contribution in [-0.2, 0) is 11.2 Å². The maximum absolute atomic E-state index is 14.9. The lowest BCUT2D eigenvalue weighted by atomic mass is 9.93. The Bertz CT molecular complexity index is 1220. The first-order valence-electron chi connectivity index (χ1n) is 10.8. The highest BCUT2D eigenvalue weighted by molar-refractivity contribution is 6.05. The standard InChI is InChI=1S/C27H26FNO5/c1-32-19-11-9-18(10-12-19)24-25(20-6-4-5-7-21(20)28)29(27(31)26(24)30)15-14-17-8-13-22(33-2)23(16-17)34-3/h4-13,16,25,30H,14-15H2,1-3H3/t25-/m1/s1. The molecule has 0 saturated heterocycles. The number of carbonyl (C=O) groups is 1. The van der Waals surface area contributed by atoms with E-state index in [-0.39, 0.29) is 12.3 Å². The number of halogens is 1. The van der Waals surface area contributed by atoms with Crippen molar-refractivity contribution in [2.45, 2.75) is 12.5 Å². The van der Waals surface area contributed by atoms with Crippen LogP contribution in [-0.4, -0.2) is 43.8 Å². The van der Waals surface area contributed by atoms with Gasteiger partial charge in [-0.2, -0.15) is 0 Å². The van der Waals surface area contributed by atoms with Gasteiger partial charge in [0, 0.05) is 17.7 Å². The van der Waals surface area contributed by atoms with Crippen molar-refractivity contribution in [3.63, 3.8) is 0 Å². The number of aliphatic hydroxyl groups is 1. The van der Waals surface area contributed by atoms with E-state index in [9.17, 15) is 14.3 Å². The minimum absolute atomic E-state index is 0.261. The summed E-state index contributed by atoms with van der Waals surface area (Å²) in [6.45, 7) is 0.261. The lowest BCUT2D eigenvalue weighted by Crippen LogP contribution is -2.32. The Balaban J connectivity index is 1.70. The second kappa shape index (κ2) is 9.87. The van der Waals surface area contributed by atoms with Crippen LogP contribution in [0.25, 0.3) is 5.57 Å². The van der Waals surface area contributed by atoms with Crippen LogP contribution in [0.4, 0.5) is 4.39 Å². The minimum atomic E-state index is -0.776. The number of nitrogens with zero attached hydrogens (tertiary/aromatic N) is 1. The van der Waals surface area contributed by atoms with Crippen LogP contribution in [0.3, 0.4) is 0 Å². The zero-order chi connectivity index (χ0) is 24.2. The van der Waals surface area contributed by atoms with Gasteiger partial charge in [0.25, 0.3) is 5.91 Å². The summed E-state index contributed by atoms with van der Waals surface area (Å²) in [5.74, 6) is 0.454. The first-order chi connectivity index (χ1) is 16.5. The highest BCUT2D eigenvalue weighted by atomic mass is 19.1. The Morgan fingerprint density at radius 2 is 1.62 bits per heavy atom. The third-order valence-corrected chi connectivity index (χ3v) is 5.99. The van der Waals surface area contributed by atoms with Crippen LogP contribution in [0, 0.1) is 5.82 Å². The van der Waals surface area contributed by atoms with Gasteiger partial charge in [0.15, 0.2) is 17.3 Å². The van der Waals surface area contributed by atoms with E-state index in [1.165, 1.54) is 11.0 Å². The summed E-state index contributed by atoms with van der Waals surface area (Å²) < 4.78 is 30.8. The molecule has 0 unspecified atom stereocenters. The molecule has 0 fully saturated rings. The summed E-state index contributed by atoms with van der Waals surface area (Å²) in [6.07, 6.45) is 0.472. The number of benzene rings is 3. The summed E-state index contributed by atoms with van der Waals surface area (Å²) in [5.41, 5.74) is 2.21. The molecule has 1 aliphatic heterocycles. The molecular formula is C27H26FNO5. The third-order valence-electron chi connectivity index (χ3n) is 5.99. The molecule has 3 aromatic carbocycles. The van der Waals surface area contributed by atoms with Crippen LogP contribution >= 0.6 is 0 Å². The van der Waals surface area contributed by atoms with Crippen molar-refractivity contribution in [3.8, 4) is 17.2 Å². The molecule has 1 aliphatic rings. The van der Waals surface area contributed by atoms with Crippen LogP contribution in [0.5, 0.6) is 17.2 Å². The SMILES string of the molecule is COc1ccc(C2=C(O)C(=O)N(CCc3ccc(OC)c(OC)c3)[C@@H]2c2ccccc2F)cc1. The van der Waals surface area contributed by atoms with Crippen molar-refractivity contribution in [1.82, 2.24) is 4.90 Å². The number of aliphatic hydroxyl groups excluding tert-OH is 1. The molecule has 1 N–H and O–H groups in total. The quantitative estimate of drug-likeness (QED) is 0.512. The van der Waals surface area contributed by atoms with Gasteiger partial charge in [-0.3, -0.25) is 4.79 Å². The summed E-state index contributed by atoms with van der Waals surface area (Å²) in [4.78, 5) is 14.7. The fraction of sp³-hybridized carbons (Fsp3) is 0.222. The van der Waals surface area contributed by atoms with Gasteiger partial charge in [-0.15, -0.1) is 0 Å². The second-order valence-electron chi connectivity index (χ2n) is 7.85. The predicted octanol–water partition coefficient (Wildman–Crippen LogP) is 4.95. The molecule has 0 aliphatic carbocycles. The average molecular weight is 464 g/mol. The number of rotatable bonds is 8. The predicted molar refractivity (Wildman–Crippen MR) is 127 cm³/mol. The number of amides is 1. The number of hydrogen-bond acceptors (Lipinski definition) is 5. The highest BCUT2D eigenvalue weighted by Gasteiger charge is 2.41. The molecule has 1 atom stereocenters. The first-order valence-corrected chi connectivity index (χ1v) is 10.8. The van der Waals surface area contributed by atoms with E-state index >= 15 is 0 Å². The number of hydrogen-bond donors (Lipinski definition) is 1. The maximum atomic E-state index is 14.9. The molecule has 0 radical (unpaired) electrons. The zero-order valence-electron chi connectivity index (χ0n) is 19.2. The fourth-order valence-corrected chi connectivity index (χ4v) is 4.26. The van der Waals surface area contributed by atoms with Gasteiger partial charge < -0.3 is 24.2 Å². The second-order valence-corrected chi connectivity index (χ2v) is 7.85. The lowest BCUT2D eigenvalue weighted by Gasteiger charge is -2.28. The molecule has 6 nitrogen and oxygen atoms in total. The Kier molecular flexibility index (Phi) is 6.72. The number of methoxy groups -OCH3 is 3. The Morgan fingerprint density at radius 1 is 0.912 bits per heavy atom. The third kappa shape index (κ3) is 4.29. The van der Waals surface area contributed by atoms with Crippen molar-refractivity contribution >= 4 is 11.5 Å². The number of ether oxygens (including phenoxy) is 3. The summed E-state index contributed by atoms with van der Waals surface area (Å²) in [6, 6.07) is 18.0. The smallest absolute Gasteiger partial charge is 0.289 e. The molecule has 0 spiro atoms. The van der Waals surface area contributed by atoms with Crippen LogP contribution in [0.2, 0.25) is 0 Å². The van der Waals surface area contributed by atoms with Crippen molar-refractivity contribution in [2.75, 3.05) is 27.9 Å². The molecule has 3 aromatic rings. The van der Waals surface area contributed by atoms with E-state index in [1.807, 2.05) is 12.1 Å². The van der Waals surface area contributed by atoms with Crippen molar-refractivity contribution in [2.24, 2.45) is 0 Å². The first kappa shape index (κ1) is 23.2. The monoisotopic (exact) mass is 463 g/mol. The normalized spacial score (nSPS) is 15.6. The lowest BCUT2D eigenvalue weighted by molar-refractivity contribution is -0.129. The zero-order valence-corrected chi connectivity index (χ0v) is 19.2. The van der Waals surface area contributed by atoms with Gasteiger partial charge in [-0.25, -0.2) is 4.39 Å². The van der Waals surface area contributed by atoms with Gasteiger partial charge in [0.2, 0.25) is 0 Å². The summed E-state index contributed by atoms with van der Waals surface area (Å²) in [7, 11) is 4.68. The Labute approximate surface area is 197 Å². The molecule has 1 amide bonds. The van der Waals surface area contributed by atoms with Gasteiger partial charge in [-0.05, 0) is 47.9 Å². The molecule has 7 heteroatoms. The van der Waals surface area contributed by atoms with E-state index in [1.54, 1.807) is 69.9 Å². The van der Waals surface area contributed by atoms with Crippen molar-refractivity contribution < 1.29 is 28.5 Å². The van der Waals surface area contributed by atoms with E-state index in [2.05, 4.69) is 0 Å². The van der Waals surface area contributed by atoms with Crippen molar-refractivity contribution in [1.29, 1.82) is 0 Å². The molecule has 1 heterocycles. The summed E-state index contributed by atoms with van der Waals surface area (Å²) >= 11 is 0. The molecule has 0 bridgehead atoms. The molecule has 0 aromatic heterocycles. The van der Waals surface area contributed by atoms with Gasteiger partial charge in [0.05, 0.1) is 27.4 Å². The Hall–Kier alpha value is -4.00. The molecule has 176 valence electrons. The van der Waals surface area contributed by atoms with E-state index in [0.29, 0.717) is 40.4 Å². The fourth-order valence-electron chi connectivity index (χ4n) is 4.26. The van der Waals surface area contributed by atoms with E-state index < -0.39 is 17.8 Å². The highest BCUT2D eigenvalue weighted by Crippen LogP contribution is 2.44. The van der Waals surface area contributed by atoms with E-state index in [4.69, 9.17) is 14.2 Å².